The molecular weight excluding hydrogens is 294 g/mol. The van der Waals surface area contributed by atoms with Crippen LogP contribution in [0.2, 0.25) is 0 Å². The molecule has 0 fully saturated rings. The zero-order valence-corrected chi connectivity index (χ0v) is 13.2. The summed E-state index contributed by atoms with van der Waals surface area (Å²) < 4.78 is 0. The molecule has 0 bridgehead atoms. The van der Waals surface area contributed by atoms with Crippen molar-refractivity contribution < 1.29 is 4.79 Å². The molecule has 7 heteroatoms. The van der Waals surface area contributed by atoms with E-state index in [0.29, 0.717) is 37.2 Å². The fourth-order valence-electron chi connectivity index (χ4n) is 2.98. The van der Waals surface area contributed by atoms with Gasteiger partial charge in [-0.25, -0.2) is 4.98 Å². The van der Waals surface area contributed by atoms with E-state index in [0.717, 1.165) is 17.0 Å². The summed E-state index contributed by atoms with van der Waals surface area (Å²) in [5, 5.41) is 0. The second-order valence-electron chi connectivity index (χ2n) is 5.88. The minimum atomic E-state index is -0.208. The number of aromatic amines is 1. The van der Waals surface area contributed by atoms with Gasteiger partial charge < -0.3 is 10.6 Å². The third-order valence-electron chi connectivity index (χ3n) is 3.94. The molecule has 3 rings (SSSR count). The van der Waals surface area contributed by atoms with E-state index in [9.17, 15) is 9.59 Å². The predicted molar refractivity (Wildman–Crippen MR) is 85.8 cm³/mol. The Balaban J connectivity index is 1.78. The van der Waals surface area contributed by atoms with E-state index < -0.39 is 0 Å². The number of carbonyl (C=O) groups is 1. The zero-order chi connectivity index (χ0) is 16.6. The van der Waals surface area contributed by atoms with Crippen LogP contribution in [0.4, 0.5) is 5.95 Å². The van der Waals surface area contributed by atoms with Crippen LogP contribution in [-0.4, -0.2) is 32.3 Å². The maximum atomic E-state index is 12.5. The number of hydrogen-bond donors (Lipinski definition) is 2. The van der Waals surface area contributed by atoms with E-state index in [1.807, 2.05) is 26.0 Å². The Labute approximate surface area is 133 Å². The van der Waals surface area contributed by atoms with Crippen molar-refractivity contribution in [3.8, 4) is 0 Å². The lowest BCUT2D eigenvalue weighted by atomic mass is 10.0. The number of aryl methyl sites for hydroxylation is 2. The first kappa shape index (κ1) is 15.2. The van der Waals surface area contributed by atoms with Crippen molar-refractivity contribution in [1.82, 2.24) is 19.9 Å². The molecule has 0 aliphatic carbocycles. The number of nitrogens with one attached hydrogen (secondary N) is 1. The van der Waals surface area contributed by atoms with Gasteiger partial charge in [0, 0.05) is 23.5 Å². The van der Waals surface area contributed by atoms with Gasteiger partial charge in [-0.05, 0) is 38.0 Å². The first-order chi connectivity index (χ1) is 10.9. The lowest BCUT2D eigenvalue weighted by Gasteiger charge is -2.27. The van der Waals surface area contributed by atoms with Crippen molar-refractivity contribution in [2.45, 2.75) is 33.2 Å². The largest absolute Gasteiger partial charge is 0.369 e. The van der Waals surface area contributed by atoms with Gasteiger partial charge in [-0.1, -0.05) is 0 Å². The van der Waals surface area contributed by atoms with Crippen LogP contribution in [0, 0.1) is 13.8 Å². The molecular formula is C16H19N5O2. The highest BCUT2D eigenvalue weighted by molar-refractivity contribution is 5.79. The quantitative estimate of drug-likeness (QED) is 0.839. The van der Waals surface area contributed by atoms with Crippen molar-refractivity contribution in [3.05, 3.63) is 50.7 Å². The van der Waals surface area contributed by atoms with Crippen LogP contribution in [0.25, 0.3) is 0 Å². The lowest BCUT2D eigenvalue weighted by molar-refractivity contribution is -0.131. The van der Waals surface area contributed by atoms with Gasteiger partial charge in [0.25, 0.3) is 5.56 Å². The SMILES string of the molecule is Cc1cc(CC(=O)N2CCc3c(nc(N)[nH]c3=O)C2)cc(C)n1. The van der Waals surface area contributed by atoms with E-state index in [4.69, 9.17) is 5.73 Å². The van der Waals surface area contributed by atoms with E-state index in [1.54, 1.807) is 4.90 Å². The number of hydrogen-bond acceptors (Lipinski definition) is 5. The van der Waals surface area contributed by atoms with Crippen LogP contribution in [0.3, 0.4) is 0 Å². The van der Waals surface area contributed by atoms with Gasteiger partial charge in [0.15, 0.2) is 0 Å². The third kappa shape index (κ3) is 3.23. The Hall–Kier alpha value is -2.70. The van der Waals surface area contributed by atoms with Gasteiger partial charge in [-0.2, -0.15) is 0 Å². The standard InChI is InChI=1S/C16H19N5O2/c1-9-5-11(6-10(2)18-9)7-14(22)21-4-3-12-13(8-21)19-16(17)20-15(12)23/h5-6H,3-4,7-8H2,1-2H3,(H3,17,19,20,23). The Bertz CT molecular complexity index is 807. The molecule has 7 nitrogen and oxygen atoms in total. The van der Waals surface area contributed by atoms with Gasteiger partial charge in [0.05, 0.1) is 18.7 Å². The number of fused-ring (bicyclic) bond motifs is 1. The normalized spacial score (nSPS) is 13.7. The van der Waals surface area contributed by atoms with Crippen molar-refractivity contribution in [2.24, 2.45) is 0 Å². The fourth-order valence-corrected chi connectivity index (χ4v) is 2.98. The van der Waals surface area contributed by atoms with Gasteiger partial charge >= 0.3 is 0 Å². The summed E-state index contributed by atoms with van der Waals surface area (Å²) in [6.07, 6.45) is 0.816. The van der Waals surface area contributed by atoms with Crippen molar-refractivity contribution >= 4 is 11.9 Å². The molecule has 2 aromatic rings. The van der Waals surface area contributed by atoms with Crippen molar-refractivity contribution in [1.29, 1.82) is 0 Å². The summed E-state index contributed by atoms with van der Waals surface area (Å²) in [7, 11) is 0. The topological polar surface area (TPSA) is 105 Å². The summed E-state index contributed by atoms with van der Waals surface area (Å²) in [5.74, 6) is 0.102. The molecule has 23 heavy (non-hydrogen) atoms. The molecule has 1 aliphatic heterocycles. The molecule has 0 saturated heterocycles. The van der Waals surface area contributed by atoms with Crippen LogP contribution < -0.4 is 11.3 Å². The summed E-state index contributed by atoms with van der Waals surface area (Å²) in [6, 6.07) is 3.84. The van der Waals surface area contributed by atoms with Crippen molar-refractivity contribution in [2.75, 3.05) is 12.3 Å². The van der Waals surface area contributed by atoms with Gasteiger partial charge in [-0.3, -0.25) is 19.6 Å². The average Bonchev–Trinajstić information content (AvgIpc) is 2.45. The van der Waals surface area contributed by atoms with Gasteiger partial charge in [-0.15, -0.1) is 0 Å². The monoisotopic (exact) mass is 313 g/mol. The van der Waals surface area contributed by atoms with E-state index in [1.165, 1.54) is 0 Å². The average molecular weight is 313 g/mol. The van der Waals surface area contributed by atoms with Gasteiger partial charge in [0.1, 0.15) is 0 Å². The van der Waals surface area contributed by atoms with E-state index in [-0.39, 0.29) is 17.4 Å². The molecule has 1 amide bonds. The number of anilines is 1. The summed E-state index contributed by atoms with van der Waals surface area (Å²) in [5.41, 5.74) is 9.34. The van der Waals surface area contributed by atoms with Crippen LogP contribution in [0.15, 0.2) is 16.9 Å². The maximum Gasteiger partial charge on any atom is 0.255 e. The minimum absolute atomic E-state index is 0.0151. The molecule has 2 aromatic heterocycles. The Kier molecular flexibility index (Phi) is 3.85. The minimum Gasteiger partial charge on any atom is -0.369 e. The Morgan fingerprint density at radius 3 is 2.70 bits per heavy atom. The number of nitrogen functional groups attached to an aromatic ring is 1. The van der Waals surface area contributed by atoms with Crippen LogP contribution in [0.1, 0.15) is 28.2 Å². The van der Waals surface area contributed by atoms with Gasteiger partial charge in [0.2, 0.25) is 11.9 Å². The number of amides is 1. The zero-order valence-electron chi connectivity index (χ0n) is 13.2. The molecule has 3 heterocycles. The van der Waals surface area contributed by atoms with E-state index in [2.05, 4.69) is 15.0 Å². The number of aromatic nitrogens is 3. The molecule has 0 aromatic carbocycles. The molecule has 0 radical (unpaired) electrons. The Morgan fingerprint density at radius 1 is 1.30 bits per heavy atom. The Morgan fingerprint density at radius 2 is 2.00 bits per heavy atom. The van der Waals surface area contributed by atoms with Crippen LogP contribution in [-0.2, 0) is 24.2 Å². The highest BCUT2D eigenvalue weighted by Crippen LogP contribution is 2.16. The third-order valence-corrected chi connectivity index (χ3v) is 3.94. The summed E-state index contributed by atoms with van der Waals surface area (Å²) >= 11 is 0. The van der Waals surface area contributed by atoms with Crippen LogP contribution >= 0.6 is 0 Å². The first-order valence-electron chi connectivity index (χ1n) is 7.52. The fraction of sp³-hybridized carbons (Fsp3) is 0.375. The predicted octanol–water partition coefficient (Wildman–Crippen LogP) is 0.491. The summed E-state index contributed by atoms with van der Waals surface area (Å²) in [6.45, 7) is 4.67. The smallest absolute Gasteiger partial charge is 0.255 e. The van der Waals surface area contributed by atoms with E-state index >= 15 is 0 Å². The number of rotatable bonds is 2. The van der Waals surface area contributed by atoms with Crippen molar-refractivity contribution in [3.63, 3.8) is 0 Å². The molecule has 0 spiro atoms. The number of nitrogens with two attached hydrogens (primary N) is 1. The first-order valence-corrected chi connectivity index (χ1v) is 7.52. The van der Waals surface area contributed by atoms with Crippen LogP contribution in [0.5, 0.6) is 0 Å². The summed E-state index contributed by atoms with van der Waals surface area (Å²) in [4.78, 5) is 37.1. The highest BCUT2D eigenvalue weighted by Gasteiger charge is 2.24. The molecule has 0 unspecified atom stereocenters. The second kappa shape index (κ2) is 5.83. The second-order valence-corrected chi connectivity index (χ2v) is 5.88. The molecule has 0 saturated carbocycles. The molecule has 0 atom stereocenters. The molecule has 1 aliphatic rings. The number of pyridine rings is 1. The highest BCUT2D eigenvalue weighted by atomic mass is 16.2. The number of nitrogens with zero attached hydrogens (tertiary/aromatic N) is 3. The molecule has 3 N–H and O–H groups in total. The maximum absolute atomic E-state index is 12.5. The lowest BCUT2D eigenvalue weighted by Crippen LogP contribution is -2.40. The molecule has 120 valence electrons. The number of carbonyl (C=O) groups excluding carboxylic acids is 1. The number of H-pyrrole nitrogens is 1.